The second kappa shape index (κ2) is 6.67. The number of hydrogen-bond donors (Lipinski definition) is 0. The minimum Gasteiger partial charge on any atom is -0.440 e. The summed E-state index contributed by atoms with van der Waals surface area (Å²) in [7, 11) is 0. The van der Waals surface area contributed by atoms with Crippen molar-refractivity contribution in [3.05, 3.63) is 64.3 Å². The first-order valence-corrected chi connectivity index (χ1v) is 8.07. The monoisotopic (exact) mass is 371 g/mol. The molecule has 3 aromatic rings. The molecule has 7 heteroatoms. The number of oxazole rings is 1. The first kappa shape index (κ1) is 17.7. The molecule has 0 radical (unpaired) electrons. The van der Waals surface area contributed by atoms with Gasteiger partial charge in [0, 0.05) is 10.9 Å². The second-order valence-corrected chi connectivity index (χ2v) is 6.22. The molecule has 2 aromatic carbocycles. The van der Waals surface area contributed by atoms with Gasteiger partial charge >= 0.3 is 6.18 Å². The van der Waals surface area contributed by atoms with Crippen molar-refractivity contribution in [1.29, 1.82) is 0 Å². The van der Waals surface area contributed by atoms with Gasteiger partial charge in [-0.15, -0.1) is 0 Å². The number of nitrogens with zero attached hydrogens (tertiary/aromatic N) is 1. The van der Waals surface area contributed by atoms with E-state index in [0.29, 0.717) is 34.0 Å². The van der Waals surface area contributed by atoms with E-state index in [9.17, 15) is 17.6 Å². The molecule has 0 aliphatic heterocycles. The number of halogens is 5. The summed E-state index contributed by atoms with van der Waals surface area (Å²) in [5, 5.41) is 0.522. The fourth-order valence-corrected chi connectivity index (χ4v) is 2.87. The standard InChI is InChI=1S/C18H14ClF4NO/c1-2-11(17-24-15-9-12(19)4-6-16(15)25-17)7-10-3-5-14(20)13(8-10)18(21,22)23/h3-6,8-9,11H,2,7H2,1H3. The van der Waals surface area contributed by atoms with Crippen molar-refractivity contribution in [2.24, 2.45) is 0 Å². The Kier molecular flexibility index (Phi) is 4.73. The van der Waals surface area contributed by atoms with Gasteiger partial charge in [0.25, 0.3) is 0 Å². The highest BCUT2D eigenvalue weighted by Gasteiger charge is 2.34. The number of benzene rings is 2. The maximum atomic E-state index is 13.4. The lowest BCUT2D eigenvalue weighted by atomic mass is 9.95. The summed E-state index contributed by atoms with van der Waals surface area (Å²) in [6.45, 7) is 1.89. The minimum atomic E-state index is -4.73. The van der Waals surface area contributed by atoms with Crippen molar-refractivity contribution in [3.8, 4) is 0 Å². The molecule has 1 atom stereocenters. The van der Waals surface area contributed by atoms with Crippen molar-refractivity contribution < 1.29 is 22.0 Å². The van der Waals surface area contributed by atoms with Crippen LogP contribution < -0.4 is 0 Å². The van der Waals surface area contributed by atoms with E-state index in [4.69, 9.17) is 16.0 Å². The quantitative estimate of drug-likeness (QED) is 0.498. The molecule has 0 N–H and O–H groups in total. The molecule has 1 heterocycles. The third-order valence-electron chi connectivity index (χ3n) is 4.03. The highest BCUT2D eigenvalue weighted by atomic mass is 35.5. The Morgan fingerprint density at radius 3 is 2.60 bits per heavy atom. The predicted octanol–water partition coefficient (Wildman–Crippen LogP) is 6.38. The average Bonchev–Trinajstić information content (AvgIpc) is 2.95. The van der Waals surface area contributed by atoms with E-state index >= 15 is 0 Å². The van der Waals surface area contributed by atoms with Gasteiger partial charge in [0.05, 0.1) is 5.56 Å². The second-order valence-electron chi connectivity index (χ2n) is 5.79. The Hall–Kier alpha value is -2.08. The Morgan fingerprint density at radius 1 is 1.16 bits per heavy atom. The van der Waals surface area contributed by atoms with Gasteiger partial charge in [-0.1, -0.05) is 24.6 Å². The van der Waals surface area contributed by atoms with Crippen molar-refractivity contribution >= 4 is 22.7 Å². The summed E-state index contributed by atoms with van der Waals surface area (Å²) in [5.74, 6) is -1.07. The molecule has 132 valence electrons. The third kappa shape index (κ3) is 3.79. The smallest absolute Gasteiger partial charge is 0.419 e. The van der Waals surface area contributed by atoms with Crippen LogP contribution in [0.2, 0.25) is 5.02 Å². The topological polar surface area (TPSA) is 26.0 Å². The SMILES string of the molecule is CCC(Cc1ccc(F)c(C(F)(F)F)c1)c1nc2cc(Cl)ccc2o1. The summed E-state index contributed by atoms with van der Waals surface area (Å²) in [5.41, 5.74) is 0.272. The predicted molar refractivity (Wildman–Crippen MR) is 87.2 cm³/mol. The highest BCUT2D eigenvalue weighted by Crippen LogP contribution is 2.34. The van der Waals surface area contributed by atoms with Gasteiger partial charge in [-0.2, -0.15) is 13.2 Å². The molecule has 2 nitrogen and oxygen atoms in total. The Labute approximate surface area is 146 Å². The lowest BCUT2D eigenvalue weighted by Crippen LogP contribution is -2.10. The lowest BCUT2D eigenvalue weighted by molar-refractivity contribution is -0.140. The third-order valence-corrected chi connectivity index (χ3v) is 4.26. The number of rotatable bonds is 4. The van der Waals surface area contributed by atoms with Crippen LogP contribution >= 0.6 is 11.6 Å². The fraction of sp³-hybridized carbons (Fsp3) is 0.278. The molecule has 1 unspecified atom stereocenters. The normalized spacial score (nSPS) is 13.4. The van der Waals surface area contributed by atoms with E-state index in [1.54, 1.807) is 18.2 Å². The van der Waals surface area contributed by atoms with Crippen molar-refractivity contribution in [3.63, 3.8) is 0 Å². The van der Waals surface area contributed by atoms with Crippen LogP contribution in [0.4, 0.5) is 17.6 Å². The molecule has 0 fully saturated rings. The molecule has 0 spiro atoms. The number of alkyl halides is 3. The Balaban J connectivity index is 1.91. The molecule has 0 saturated heterocycles. The fourth-order valence-electron chi connectivity index (χ4n) is 2.70. The molecule has 0 aliphatic rings. The molecule has 0 amide bonds. The lowest BCUT2D eigenvalue weighted by Gasteiger charge is -2.13. The largest absolute Gasteiger partial charge is 0.440 e. The van der Waals surface area contributed by atoms with Gasteiger partial charge in [-0.25, -0.2) is 9.37 Å². The molecular formula is C18H14ClF4NO. The van der Waals surface area contributed by atoms with Gasteiger partial charge in [-0.3, -0.25) is 0 Å². The van der Waals surface area contributed by atoms with Crippen LogP contribution in [-0.2, 0) is 12.6 Å². The van der Waals surface area contributed by atoms with Crippen LogP contribution in [0.1, 0.15) is 36.3 Å². The van der Waals surface area contributed by atoms with Gasteiger partial charge in [0.1, 0.15) is 11.3 Å². The Bertz CT molecular complexity index is 904. The van der Waals surface area contributed by atoms with Crippen molar-refractivity contribution in [2.45, 2.75) is 31.9 Å². The van der Waals surface area contributed by atoms with Gasteiger partial charge in [0.2, 0.25) is 0 Å². The minimum absolute atomic E-state index is 0.224. The van der Waals surface area contributed by atoms with E-state index in [1.165, 1.54) is 6.07 Å². The van der Waals surface area contributed by atoms with Crippen LogP contribution in [0.25, 0.3) is 11.1 Å². The summed E-state index contributed by atoms with van der Waals surface area (Å²) < 4.78 is 57.7. The van der Waals surface area contributed by atoms with Crippen LogP contribution in [0.5, 0.6) is 0 Å². The zero-order valence-corrected chi connectivity index (χ0v) is 14.0. The van der Waals surface area contributed by atoms with Crippen molar-refractivity contribution in [2.75, 3.05) is 0 Å². The average molecular weight is 372 g/mol. The molecule has 0 bridgehead atoms. The van der Waals surface area contributed by atoms with E-state index in [1.807, 2.05) is 6.92 Å². The van der Waals surface area contributed by atoms with E-state index in [-0.39, 0.29) is 12.3 Å². The summed E-state index contributed by atoms with van der Waals surface area (Å²) in [4.78, 5) is 4.38. The van der Waals surface area contributed by atoms with Crippen LogP contribution in [-0.4, -0.2) is 4.98 Å². The van der Waals surface area contributed by atoms with E-state index in [2.05, 4.69) is 4.98 Å². The molecule has 25 heavy (non-hydrogen) atoms. The molecule has 0 aliphatic carbocycles. The maximum absolute atomic E-state index is 13.4. The molecular weight excluding hydrogens is 358 g/mol. The van der Waals surface area contributed by atoms with E-state index < -0.39 is 17.6 Å². The zero-order chi connectivity index (χ0) is 18.2. The first-order valence-electron chi connectivity index (χ1n) is 7.69. The summed E-state index contributed by atoms with van der Waals surface area (Å²) >= 11 is 5.92. The molecule has 1 aromatic heterocycles. The summed E-state index contributed by atoms with van der Waals surface area (Å²) in [6, 6.07) is 8.08. The zero-order valence-electron chi connectivity index (χ0n) is 13.2. The van der Waals surface area contributed by atoms with Gasteiger partial charge in [-0.05, 0) is 48.7 Å². The number of aromatic nitrogens is 1. The number of hydrogen-bond acceptors (Lipinski definition) is 2. The van der Waals surface area contributed by atoms with Crippen LogP contribution in [0.15, 0.2) is 40.8 Å². The highest BCUT2D eigenvalue weighted by molar-refractivity contribution is 6.31. The Morgan fingerprint density at radius 2 is 1.92 bits per heavy atom. The molecule has 0 saturated carbocycles. The van der Waals surface area contributed by atoms with Crippen LogP contribution in [0, 0.1) is 5.82 Å². The van der Waals surface area contributed by atoms with Gasteiger partial charge in [0.15, 0.2) is 11.5 Å². The number of fused-ring (bicyclic) bond motifs is 1. The maximum Gasteiger partial charge on any atom is 0.419 e. The molecule has 3 rings (SSSR count). The first-order chi connectivity index (χ1) is 11.8. The van der Waals surface area contributed by atoms with Crippen molar-refractivity contribution in [1.82, 2.24) is 4.98 Å². The van der Waals surface area contributed by atoms with Gasteiger partial charge < -0.3 is 4.42 Å². The summed E-state index contributed by atoms with van der Waals surface area (Å²) in [6.07, 6.45) is -3.85. The van der Waals surface area contributed by atoms with Crippen LogP contribution in [0.3, 0.4) is 0 Å². The van der Waals surface area contributed by atoms with E-state index in [0.717, 1.165) is 12.1 Å².